The first-order valence-electron chi connectivity index (χ1n) is 7.47. The van der Waals surface area contributed by atoms with Gasteiger partial charge < -0.3 is 4.90 Å². The molecule has 2 aliphatic heterocycles. The molecule has 20 heavy (non-hydrogen) atoms. The van der Waals surface area contributed by atoms with Crippen LogP contribution in [-0.2, 0) is 0 Å². The molecule has 1 aromatic heterocycles. The molecule has 2 saturated heterocycles. The van der Waals surface area contributed by atoms with Crippen molar-refractivity contribution in [2.75, 3.05) is 44.2 Å². The first-order valence-corrected chi connectivity index (χ1v) is 7.85. The molecular formula is C15H23ClN4. The number of hydrogen-bond acceptors (Lipinski definition) is 4. The van der Waals surface area contributed by atoms with E-state index >= 15 is 0 Å². The minimum Gasteiger partial charge on any atom is -0.367 e. The first kappa shape index (κ1) is 14.1. The molecule has 110 valence electrons. The third kappa shape index (κ3) is 2.78. The van der Waals surface area contributed by atoms with Gasteiger partial charge in [-0.15, -0.1) is 0 Å². The topological polar surface area (TPSA) is 22.6 Å². The van der Waals surface area contributed by atoms with Crippen molar-refractivity contribution >= 4 is 17.3 Å². The molecule has 0 bridgehead atoms. The average Bonchev–Trinajstić information content (AvgIpc) is 2.40. The van der Waals surface area contributed by atoms with Gasteiger partial charge in [-0.2, -0.15) is 0 Å². The van der Waals surface area contributed by atoms with Gasteiger partial charge in [-0.05, 0) is 19.9 Å². The number of rotatable bonds is 3. The quantitative estimate of drug-likeness (QED) is 0.850. The molecule has 0 N–H and O–H groups in total. The summed E-state index contributed by atoms with van der Waals surface area (Å²) in [6.07, 6.45) is 3.54. The Morgan fingerprint density at radius 3 is 2.50 bits per heavy atom. The Kier molecular flexibility index (Phi) is 4.15. The van der Waals surface area contributed by atoms with E-state index in [2.05, 4.69) is 33.5 Å². The number of piperazine rings is 1. The van der Waals surface area contributed by atoms with Gasteiger partial charge in [0.1, 0.15) is 0 Å². The zero-order chi connectivity index (χ0) is 14.1. The molecule has 3 heterocycles. The normalized spacial score (nSPS) is 22.3. The van der Waals surface area contributed by atoms with E-state index in [1.165, 1.54) is 26.2 Å². The molecule has 2 fully saturated rings. The van der Waals surface area contributed by atoms with Gasteiger partial charge in [0.25, 0.3) is 0 Å². The molecular weight excluding hydrogens is 272 g/mol. The van der Waals surface area contributed by atoms with Crippen LogP contribution in [0.3, 0.4) is 0 Å². The number of halogens is 1. The van der Waals surface area contributed by atoms with Crippen LogP contribution in [0.1, 0.15) is 13.8 Å². The maximum Gasteiger partial charge on any atom is 0.0822 e. The molecule has 0 saturated carbocycles. The summed E-state index contributed by atoms with van der Waals surface area (Å²) in [7, 11) is 0. The summed E-state index contributed by atoms with van der Waals surface area (Å²) in [5.41, 5.74) is 1.12. The second-order valence-electron chi connectivity index (χ2n) is 6.05. The Balaban J connectivity index is 1.51. The fourth-order valence-electron chi connectivity index (χ4n) is 3.13. The summed E-state index contributed by atoms with van der Waals surface area (Å²) < 4.78 is 0. The van der Waals surface area contributed by atoms with Crippen molar-refractivity contribution < 1.29 is 0 Å². The molecule has 0 spiro atoms. The third-order valence-corrected chi connectivity index (χ3v) is 4.84. The van der Waals surface area contributed by atoms with Crippen LogP contribution in [-0.4, -0.2) is 66.1 Å². The highest BCUT2D eigenvalue weighted by Crippen LogP contribution is 2.30. The number of aromatic nitrogens is 1. The van der Waals surface area contributed by atoms with Crippen LogP contribution in [0.5, 0.6) is 0 Å². The van der Waals surface area contributed by atoms with Gasteiger partial charge in [0, 0.05) is 63.7 Å². The smallest absolute Gasteiger partial charge is 0.0822 e. The molecule has 0 atom stereocenters. The van der Waals surface area contributed by atoms with Crippen LogP contribution < -0.4 is 4.90 Å². The molecule has 3 rings (SSSR count). The van der Waals surface area contributed by atoms with E-state index in [0.717, 1.165) is 23.8 Å². The lowest BCUT2D eigenvalue weighted by Crippen LogP contribution is -2.63. The SMILES string of the molecule is CC(C)N1CCN(C2CN(c3ccncc3Cl)C2)CC1. The Bertz CT molecular complexity index is 451. The summed E-state index contributed by atoms with van der Waals surface area (Å²) >= 11 is 6.19. The summed E-state index contributed by atoms with van der Waals surface area (Å²) in [6, 6.07) is 3.37. The van der Waals surface area contributed by atoms with Gasteiger partial charge >= 0.3 is 0 Å². The minimum absolute atomic E-state index is 0.672. The summed E-state index contributed by atoms with van der Waals surface area (Å²) in [5, 5.41) is 0.760. The standard InChI is InChI=1S/C15H23ClN4/c1-12(2)18-5-7-19(8-6-18)13-10-20(11-13)15-3-4-17-9-14(15)16/h3-4,9,12-13H,5-8,10-11H2,1-2H3. The predicted octanol–water partition coefficient (Wildman–Crippen LogP) is 1.95. The van der Waals surface area contributed by atoms with Crippen LogP contribution in [0.4, 0.5) is 5.69 Å². The zero-order valence-electron chi connectivity index (χ0n) is 12.3. The maximum atomic E-state index is 6.19. The maximum absolute atomic E-state index is 6.19. The lowest BCUT2D eigenvalue weighted by molar-refractivity contribution is 0.0678. The summed E-state index contributed by atoms with van der Waals surface area (Å²) in [6.45, 7) is 11.5. The molecule has 1 aromatic rings. The molecule has 0 aromatic carbocycles. The van der Waals surface area contributed by atoms with Crippen molar-refractivity contribution in [2.24, 2.45) is 0 Å². The monoisotopic (exact) mass is 294 g/mol. The van der Waals surface area contributed by atoms with Gasteiger partial charge in [-0.1, -0.05) is 11.6 Å². The van der Waals surface area contributed by atoms with Crippen LogP contribution in [0.15, 0.2) is 18.5 Å². The zero-order valence-corrected chi connectivity index (χ0v) is 13.1. The number of anilines is 1. The van der Waals surface area contributed by atoms with E-state index in [1.807, 2.05) is 12.3 Å². The number of nitrogens with zero attached hydrogens (tertiary/aromatic N) is 4. The molecule has 0 aliphatic carbocycles. The van der Waals surface area contributed by atoms with Crippen molar-refractivity contribution in [3.05, 3.63) is 23.5 Å². The van der Waals surface area contributed by atoms with E-state index in [1.54, 1.807) is 6.20 Å². The molecule has 0 radical (unpaired) electrons. The van der Waals surface area contributed by atoms with Gasteiger partial charge in [0.15, 0.2) is 0 Å². The van der Waals surface area contributed by atoms with Crippen molar-refractivity contribution in [2.45, 2.75) is 25.9 Å². The summed E-state index contributed by atoms with van der Waals surface area (Å²) in [5.74, 6) is 0. The lowest BCUT2D eigenvalue weighted by Gasteiger charge is -2.49. The van der Waals surface area contributed by atoms with E-state index in [9.17, 15) is 0 Å². The number of hydrogen-bond donors (Lipinski definition) is 0. The number of pyridine rings is 1. The van der Waals surface area contributed by atoms with Crippen LogP contribution in [0.2, 0.25) is 5.02 Å². The van der Waals surface area contributed by atoms with E-state index in [-0.39, 0.29) is 0 Å². The second kappa shape index (κ2) is 5.88. The fourth-order valence-corrected chi connectivity index (χ4v) is 3.37. The Labute approximate surface area is 126 Å². The van der Waals surface area contributed by atoms with Crippen LogP contribution in [0.25, 0.3) is 0 Å². The van der Waals surface area contributed by atoms with Crippen molar-refractivity contribution in [1.29, 1.82) is 0 Å². The van der Waals surface area contributed by atoms with Crippen LogP contribution >= 0.6 is 11.6 Å². The third-order valence-electron chi connectivity index (χ3n) is 4.55. The average molecular weight is 295 g/mol. The highest BCUT2D eigenvalue weighted by Gasteiger charge is 2.34. The Morgan fingerprint density at radius 2 is 1.90 bits per heavy atom. The van der Waals surface area contributed by atoms with Gasteiger partial charge in [0.05, 0.1) is 10.7 Å². The molecule has 5 heteroatoms. The largest absolute Gasteiger partial charge is 0.367 e. The highest BCUT2D eigenvalue weighted by atomic mass is 35.5. The highest BCUT2D eigenvalue weighted by molar-refractivity contribution is 6.33. The predicted molar refractivity (Wildman–Crippen MR) is 83.5 cm³/mol. The van der Waals surface area contributed by atoms with Gasteiger partial charge in [-0.25, -0.2) is 0 Å². The lowest BCUT2D eigenvalue weighted by atomic mass is 10.0. The molecule has 0 amide bonds. The van der Waals surface area contributed by atoms with E-state index in [4.69, 9.17) is 11.6 Å². The van der Waals surface area contributed by atoms with E-state index in [0.29, 0.717) is 12.1 Å². The minimum atomic E-state index is 0.672. The van der Waals surface area contributed by atoms with E-state index < -0.39 is 0 Å². The Morgan fingerprint density at radius 1 is 1.20 bits per heavy atom. The van der Waals surface area contributed by atoms with Crippen molar-refractivity contribution in [1.82, 2.24) is 14.8 Å². The van der Waals surface area contributed by atoms with Crippen molar-refractivity contribution in [3.8, 4) is 0 Å². The summed E-state index contributed by atoms with van der Waals surface area (Å²) in [4.78, 5) is 11.6. The van der Waals surface area contributed by atoms with Gasteiger partial charge in [0.2, 0.25) is 0 Å². The molecule has 2 aliphatic rings. The molecule has 4 nitrogen and oxygen atoms in total. The van der Waals surface area contributed by atoms with Gasteiger partial charge in [-0.3, -0.25) is 14.8 Å². The second-order valence-corrected chi connectivity index (χ2v) is 6.46. The molecule has 0 unspecified atom stereocenters. The van der Waals surface area contributed by atoms with Crippen molar-refractivity contribution in [3.63, 3.8) is 0 Å². The Hall–Kier alpha value is -0.840. The first-order chi connectivity index (χ1) is 9.65. The fraction of sp³-hybridized carbons (Fsp3) is 0.667. The van der Waals surface area contributed by atoms with Crippen LogP contribution in [0, 0.1) is 0 Å².